The highest BCUT2D eigenvalue weighted by molar-refractivity contribution is 5.95. The van der Waals surface area contributed by atoms with Crippen LogP contribution in [0.3, 0.4) is 0 Å². The van der Waals surface area contributed by atoms with E-state index in [1.807, 2.05) is 36.5 Å². The monoisotopic (exact) mass is 282 g/mol. The van der Waals surface area contributed by atoms with Gasteiger partial charge in [-0.15, -0.1) is 10.2 Å². The molecule has 0 saturated carbocycles. The zero-order valence-electron chi connectivity index (χ0n) is 11.5. The van der Waals surface area contributed by atoms with Crippen molar-refractivity contribution in [3.63, 3.8) is 0 Å². The minimum atomic E-state index is -0.112. The Bertz CT molecular complexity index is 782. The number of hydrogen-bond donors (Lipinski definition) is 1. The van der Waals surface area contributed by atoms with Gasteiger partial charge >= 0.3 is 0 Å². The SMILES string of the molecule is COc1cccc(CC(=O)Nc2cccn3cnnc23)c1. The molecule has 0 radical (unpaired) electrons. The summed E-state index contributed by atoms with van der Waals surface area (Å²) in [5, 5.41) is 10.7. The Labute approximate surface area is 121 Å². The lowest BCUT2D eigenvalue weighted by molar-refractivity contribution is -0.115. The second kappa shape index (κ2) is 5.62. The number of benzene rings is 1. The second-order valence-electron chi connectivity index (χ2n) is 4.56. The molecule has 106 valence electrons. The lowest BCUT2D eigenvalue weighted by Crippen LogP contribution is -2.15. The Kier molecular flexibility index (Phi) is 3.51. The van der Waals surface area contributed by atoms with Crippen molar-refractivity contribution in [3.05, 3.63) is 54.5 Å². The highest BCUT2D eigenvalue weighted by Gasteiger charge is 2.08. The van der Waals surface area contributed by atoms with Crippen LogP contribution in [0.1, 0.15) is 5.56 Å². The zero-order chi connectivity index (χ0) is 14.7. The molecule has 3 rings (SSSR count). The summed E-state index contributed by atoms with van der Waals surface area (Å²) in [6, 6.07) is 11.1. The maximum absolute atomic E-state index is 12.1. The van der Waals surface area contributed by atoms with Gasteiger partial charge in [-0.1, -0.05) is 12.1 Å². The van der Waals surface area contributed by atoms with Gasteiger partial charge in [0.05, 0.1) is 19.2 Å². The van der Waals surface area contributed by atoms with Gasteiger partial charge in [0.1, 0.15) is 12.1 Å². The molecule has 6 heteroatoms. The third-order valence-corrected chi connectivity index (χ3v) is 3.10. The molecule has 0 bridgehead atoms. The van der Waals surface area contributed by atoms with E-state index in [0.29, 0.717) is 11.3 Å². The Balaban J connectivity index is 1.75. The van der Waals surface area contributed by atoms with E-state index in [1.165, 1.54) is 0 Å². The van der Waals surface area contributed by atoms with Gasteiger partial charge in [0.2, 0.25) is 5.91 Å². The van der Waals surface area contributed by atoms with Gasteiger partial charge in [-0.05, 0) is 29.8 Å². The fourth-order valence-corrected chi connectivity index (χ4v) is 2.11. The molecule has 1 N–H and O–H groups in total. The number of hydrogen-bond acceptors (Lipinski definition) is 4. The quantitative estimate of drug-likeness (QED) is 0.793. The molecule has 1 amide bonds. The van der Waals surface area contributed by atoms with Crippen LogP contribution in [0, 0.1) is 0 Å². The van der Waals surface area contributed by atoms with Crippen molar-refractivity contribution in [1.29, 1.82) is 0 Å². The Morgan fingerprint density at radius 2 is 2.24 bits per heavy atom. The molecule has 2 heterocycles. The Hall–Kier alpha value is -2.89. The molecule has 0 saturated heterocycles. The van der Waals surface area contributed by atoms with Gasteiger partial charge in [0.15, 0.2) is 5.65 Å². The van der Waals surface area contributed by atoms with Crippen LogP contribution in [0.15, 0.2) is 48.9 Å². The molecule has 0 aliphatic heterocycles. The summed E-state index contributed by atoms with van der Waals surface area (Å²) in [5.74, 6) is 0.624. The van der Waals surface area contributed by atoms with Gasteiger partial charge in [-0.25, -0.2) is 0 Å². The van der Waals surface area contributed by atoms with E-state index in [9.17, 15) is 4.79 Å². The van der Waals surface area contributed by atoms with Gasteiger partial charge in [-0.2, -0.15) is 0 Å². The minimum absolute atomic E-state index is 0.112. The number of aromatic nitrogens is 3. The van der Waals surface area contributed by atoms with Crippen LogP contribution in [-0.4, -0.2) is 27.6 Å². The molecular weight excluding hydrogens is 268 g/mol. The summed E-state index contributed by atoms with van der Waals surface area (Å²) in [5.41, 5.74) is 2.15. The number of nitrogens with zero attached hydrogens (tertiary/aromatic N) is 3. The smallest absolute Gasteiger partial charge is 0.228 e. The molecule has 0 atom stereocenters. The topological polar surface area (TPSA) is 68.5 Å². The van der Waals surface area contributed by atoms with E-state index in [2.05, 4.69) is 15.5 Å². The summed E-state index contributed by atoms with van der Waals surface area (Å²) in [7, 11) is 1.60. The van der Waals surface area contributed by atoms with E-state index >= 15 is 0 Å². The molecule has 3 aromatic rings. The van der Waals surface area contributed by atoms with E-state index in [-0.39, 0.29) is 12.3 Å². The average molecular weight is 282 g/mol. The number of ether oxygens (including phenoxy) is 1. The van der Waals surface area contributed by atoms with Crippen LogP contribution in [0.5, 0.6) is 5.75 Å². The van der Waals surface area contributed by atoms with Crippen LogP contribution >= 0.6 is 0 Å². The predicted octanol–water partition coefficient (Wildman–Crippen LogP) is 1.92. The Morgan fingerprint density at radius 1 is 1.33 bits per heavy atom. The van der Waals surface area contributed by atoms with Crippen molar-refractivity contribution in [2.45, 2.75) is 6.42 Å². The van der Waals surface area contributed by atoms with Gasteiger partial charge in [0, 0.05) is 6.20 Å². The van der Waals surface area contributed by atoms with Crippen LogP contribution < -0.4 is 10.1 Å². The summed E-state index contributed by atoms with van der Waals surface area (Å²) >= 11 is 0. The van der Waals surface area contributed by atoms with Crippen LogP contribution in [0.25, 0.3) is 5.65 Å². The Morgan fingerprint density at radius 3 is 3.10 bits per heavy atom. The van der Waals surface area contributed by atoms with Crippen molar-refractivity contribution in [2.24, 2.45) is 0 Å². The highest BCUT2D eigenvalue weighted by Crippen LogP contribution is 2.16. The largest absolute Gasteiger partial charge is 0.497 e. The predicted molar refractivity (Wildman–Crippen MR) is 78.3 cm³/mol. The van der Waals surface area contributed by atoms with Gasteiger partial charge in [0.25, 0.3) is 0 Å². The third-order valence-electron chi connectivity index (χ3n) is 3.10. The second-order valence-corrected chi connectivity index (χ2v) is 4.56. The fourth-order valence-electron chi connectivity index (χ4n) is 2.11. The summed E-state index contributed by atoms with van der Waals surface area (Å²) in [6.45, 7) is 0. The maximum atomic E-state index is 12.1. The normalized spacial score (nSPS) is 10.5. The summed E-state index contributed by atoms with van der Waals surface area (Å²) < 4.78 is 6.90. The summed E-state index contributed by atoms with van der Waals surface area (Å²) in [4.78, 5) is 12.1. The molecular formula is C15H14N4O2. The number of methoxy groups -OCH3 is 1. The van der Waals surface area contributed by atoms with E-state index in [1.54, 1.807) is 23.9 Å². The molecule has 0 fully saturated rings. The standard InChI is InChI=1S/C15H14N4O2/c1-21-12-5-2-4-11(8-12)9-14(20)17-13-6-3-7-19-10-16-18-15(13)19/h2-8,10H,9H2,1H3,(H,17,20). The molecule has 0 spiro atoms. The molecule has 0 aliphatic rings. The fraction of sp³-hybridized carbons (Fsp3) is 0.133. The van der Waals surface area contributed by atoms with Crippen LogP contribution in [-0.2, 0) is 11.2 Å². The lowest BCUT2D eigenvalue weighted by atomic mass is 10.1. The number of nitrogens with one attached hydrogen (secondary N) is 1. The first-order valence-electron chi connectivity index (χ1n) is 6.47. The number of carbonyl (C=O) groups is 1. The lowest BCUT2D eigenvalue weighted by Gasteiger charge is -2.07. The van der Waals surface area contributed by atoms with Gasteiger partial charge < -0.3 is 10.1 Å². The number of fused-ring (bicyclic) bond motifs is 1. The van der Waals surface area contributed by atoms with E-state index < -0.39 is 0 Å². The summed E-state index contributed by atoms with van der Waals surface area (Å²) in [6.07, 6.45) is 3.69. The first-order valence-corrected chi connectivity index (χ1v) is 6.47. The maximum Gasteiger partial charge on any atom is 0.228 e. The molecule has 2 aromatic heterocycles. The highest BCUT2D eigenvalue weighted by atomic mass is 16.5. The van der Waals surface area contributed by atoms with Crippen LogP contribution in [0.4, 0.5) is 5.69 Å². The number of carbonyl (C=O) groups excluding carboxylic acids is 1. The van der Waals surface area contributed by atoms with Crippen molar-refractivity contribution in [3.8, 4) is 5.75 Å². The first-order chi connectivity index (χ1) is 10.3. The molecule has 6 nitrogen and oxygen atoms in total. The van der Waals surface area contributed by atoms with Crippen molar-refractivity contribution in [2.75, 3.05) is 12.4 Å². The average Bonchev–Trinajstić information content (AvgIpc) is 2.97. The molecule has 21 heavy (non-hydrogen) atoms. The molecule has 0 aliphatic carbocycles. The zero-order valence-corrected chi connectivity index (χ0v) is 11.5. The number of amides is 1. The third kappa shape index (κ3) is 2.84. The van der Waals surface area contributed by atoms with Crippen LogP contribution in [0.2, 0.25) is 0 Å². The molecule has 0 unspecified atom stereocenters. The number of pyridine rings is 1. The first kappa shape index (κ1) is 13.1. The number of anilines is 1. The van der Waals surface area contributed by atoms with Crippen molar-refractivity contribution >= 4 is 17.2 Å². The number of rotatable bonds is 4. The van der Waals surface area contributed by atoms with Crippen molar-refractivity contribution < 1.29 is 9.53 Å². The van der Waals surface area contributed by atoms with Gasteiger partial charge in [-0.3, -0.25) is 9.20 Å². The molecule has 1 aromatic carbocycles. The van der Waals surface area contributed by atoms with Crippen molar-refractivity contribution in [1.82, 2.24) is 14.6 Å². The van der Waals surface area contributed by atoms with E-state index in [0.717, 1.165) is 11.3 Å². The minimum Gasteiger partial charge on any atom is -0.497 e. The van der Waals surface area contributed by atoms with E-state index in [4.69, 9.17) is 4.74 Å².